The second kappa shape index (κ2) is 7.35. The number of aliphatic hydroxyl groups excluding tert-OH is 1. The first kappa shape index (κ1) is 13.1. The fourth-order valence-electron chi connectivity index (χ4n) is 1.18. The van der Waals surface area contributed by atoms with E-state index in [0.717, 1.165) is 10.3 Å². The van der Waals surface area contributed by atoms with Crippen LogP contribution in [-0.4, -0.2) is 31.5 Å². The molecule has 0 unspecified atom stereocenters. The first-order valence-electron chi connectivity index (χ1n) is 4.91. The molecule has 1 heterocycles. The third-order valence-electron chi connectivity index (χ3n) is 1.95. The Hall–Kier alpha value is 0.0600. The van der Waals surface area contributed by atoms with E-state index in [1.54, 1.807) is 11.3 Å². The van der Waals surface area contributed by atoms with Gasteiger partial charge in [0.2, 0.25) is 0 Å². The molecule has 0 aliphatic rings. The number of aliphatic hydroxyl groups is 1. The van der Waals surface area contributed by atoms with Gasteiger partial charge in [-0.25, -0.2) is 0 Å². The lowest BCUT2D eigenvalue weighted by atomic mass is 10.3. The van der Waals surface area contributed by atoms with E-state index in [0.29, 0.717) is 19.3 Å². The Morgan fingerprint density at radius 3 is 2.93 bits per heavy atom. The summed E-state index contributed by atoms with van der Waals surface area (Å²) in [6.07, 6.45) is 0. The minimum atomic E-state index is 0.0907. The van der Waals surface area contributed by atoms with E-state index in [-0.39, 0.29) is 6.61 Å². The molecule has 0 saturated heterocycles. The van der Waals surface area contributed by atoms with Crippen LogP contribution in [0.3, 0.4) is 0 Å². The Morgan fingerprint density at radius 1 is 1.53 bits per heavy atom. The van der Waals surface area contributed by atoms with Gasteiger partial charge in [-0.1, -0.05) is 0 Å². The van der Waals surface area contributed by atoms with Crippen molar-refractivity contribution in [2.45, 2.75) is 13.0 Å². The van der Waals surface area contributed by atoms with Crippen LogP contribution in [0, 0.1) is 0 Å². The molecule has 1 aromatic rings. The number of rotatable bonds is 7. The van der Waals surface area contributed by atoms with E-state index in [2.05, 4.69) is 40.3 Å². The summed E-state index contributed by atoms with van der Waals surface area (Å²) in [5.41, 5.74) is 0. The third kappa shape index (κ3) is 5.08. The summed E-state index contributed by atoms with van der Waals surface area (Å²) in [4.78, 5) is 1.31. The number of thiophene rings is 1. The number of ether oxygens (including phenoxy) is 1. The average molecular weight is 294 g/mol. The maximum absolute atomic E-state index is 8.51. The number of halogens is 1. The summed E-state index contributed by atoms with van der Waals surface area (Å²) in [6, 6.07) is 4.51. The van der Waals surface area contributed by atoms with Gasteiger partial charge in [-0.15, -0.1) is 11.3 Å². The number of hydrogen-bond acceptors (Lipinski definition) is 4. The van der Waals surface area contributed by atoms with Crippen molar-refractivity contribution in [3.05, 3.63) is 20.8 Å². The van der Waals surface area contributed by atoms with Gasteiger partial charge in [-0.2, -0.15) is 0 Å². The molecule has 0 fully saturated rings. The first-order valence-corrected chi connectivity index (χ1v) is 6.52. The van der Waals surface area contributed by atoms with E-state index in [1.165, 1.54) is 4.88 Å². The highest BCUT2D eigenvalue weighted by atomic mass is 79.9. The second-order valence-electron chi connectivity index (χ2n) is 3.15. The van der Waals surface area contributed by atoms with Gasteiger partial charge in [0.15, 0.2) is 0 Å². The number of hydrogen-bond donors (Lipinski definition) is 2. The molecular weight excluding hydrogens is 278 g/mol. The van der Waals surface area contributed by atoms with Crippen LogP contribution in [0.25, 0.3) is 0 Å². The molecule has 3 nitrogen and oxygen atoms in total. The van der Waals surface area contributed by atoms with Crippen molar-refractivity contribution in [2.24, 2.45) is 0 Å². The first-order chi connectivity index (χ1) is 7.24. The van der Waals surface area contributed by atoms with Crippen LogP contribution in [0.5, 0.6) is 0 Å². The number of nitrogens with one attached hydrogen (secondary N) is 1. The maximum Gasteiger partial charge on any atom is 0.0701 e. The monoisotopic (exact) mass is 293 g/mol. The van der Waals surface area contributed by atoms with Gasteiger partial charge in [0.25, 0.3) is 0 Å². The summed E-state index contributed by atoms with van der Waals surface area (Å²) in [5, 5.41) is 11.9. The van der Waals surface area contributed by atoms with Crippen LogP contribution in [0.4, 0.5) is 0 Å². The van der Waals surface area contributed by atoms with E-state index >= 15 is 0 Å². The zero-order valence-electron chi connectivity index (χ0n) is 8.70. The van der Waals surface area contributed by atoms with Gasteiger partial charge in [0, 0.05) is 17.5 Å². The van der Waals surface area contributed by atoms with Gasteiger partial charge >= 0.3 is 0 Å². The van der Waals surface area contributed by atoms with Crippen LogP contribution < -0.4 is 5.32 Å². The summed E-state index contributed by atoms with van der Waals surface area (Å²) >= 11 is 5.18. The summed E-state index contributed by atoms with van der Waals surface area (Å²) in [5.74, 6) is 0. The van der Waals surface area contributed by atoms with Crippen LogP contribution in [-0.2, 0) is 4.74 Å². The van der Waals surface area contributed by atoms with Crippen molar-refractivity contribution in [1.29, 1.82) is 0 Å². The third-order valence-corrected chi connectivity index (χ3v) is 3.76. The van der Waals surface area contributed by atoms with Crippen LogP contribution in [0.15, 0.2) is 15.9 Å². The molecule has 0 radical (unpaired) electrons. The van der Waals surface area contributed by atoms with Gasteiger partial charge in [-0.3, -0.25) is 0 Å². The van der Waals surface area contributed by atoms with E-state index in [9.17, 15) is 0 Å². The summed E-state index contributed by atoms with van der Waals surface area (Å²) < 4.78 is 6.31. The molecule has 5 heteroatoms. The standard InChI is InChI=1S/C10H16BrNO2S/c1-8(9-2-3-10(11)15-9)12-4-6-14-7-5-13/h2-3,8,12-13H,4-7H2,1H3/t8-/m0/s1. The highest BCUT2D eigenvalue weighted by Gasteiger charge is 2.06. The topological polar surface area (TPSA) is 41.5 Å². The molecule has 86 valence electrons. The fourth-order valence-corrected chi connectivity index (χ4v) is 2.63. The zero-order chi connectivity index (χ0) is 11.1. The van der Waals surface area contributed by atoms with Crippen molar-refractivity contribution < 1.29 is 9.84 Å². The molecular formula is C10H16BrNO2S. The molecule has 0 bridgehead atoms. The molecule has 2 N–H and O–H groups in total. The molecule has 1 aromatic heterocycles. The van der Waals surface area contributed by atoms with Crippen LogP contribution >= 0.6 is 27.3 Å². The molecule has 1 rings (SSSR count). The quantitative estimate of drug-likeness (QED) is 0.757. The minimum absolute atomic E-state index is 0.0907. The fraction of sp³-hybridized carbons (Fsp3) is 0.600. The zero-order valence-corrected chi connectivity index (χ0v) is 11.1. The smallest absolute Gasteiger partial charge is 0.0701 e. The molecule has 0 aliphatic heterocycles. The largest absolute Gasteiger partial charge is 0.394 e. The summed E-state index contributed by atoms with van der Waals surface area (Å²) in [7, 11) is 0. The Balaban J connectivity index is 2.16. The predicted octanol–water partition coefficient (Wildman–Crippen LogP) is 2.17. The lowest BCUT2D eigenvalue weighted by Crippen LogP contribution is -2.23. The Morgan fingerprint density at radius 2 is 2.33 bits per heavy atom. The maximum atomic E-state index is 8.51. The molecule has 0 spiro atoms. The molecule has 15 heavy (non-hydrogen) atoms. The van der Waals surface area contributed by atoms with E-state index in [4.69, 9.17) is 9.84 Å². The van der Waals surface area contributed by atoms with Gasteiger partial charge in [0.1, 0.15) is 0 Å². The van der Waals surface area contributed by atoms with Crippen molar-refractivity contribution in [2.75, 3.05) is 26.4 Å². The Kier molecular flexibility index (Phi) is 6.43. The second-order valence-corrected chi connectivity index (χ2v) is 5.65. The lowest BCUT2D eigenvalue weighted by molar-refractivity contribution is 0.0929. The van der Waals surface area contributed by atoms with Crippen LogP contribution in [0.1, 0.15) is 17.8 Å². The normalized spacial score (nSPS) is 13.0. The van der Waals surface area contributed by atoms with E-state index < -0.39 is 0 Å². The summed E-state index contributed by atoms with van der Waals surface area (Å²) in [6.45, 7) is 4.08. The molecule has 1 atom stereocenters. The Labute approximate surface area is 103 Å². The minimum Gasteiger partial charge on any atom is -0.394 e. The van der Waals surface area contributed by atoms with Crippen molar-refractivity contribution in [1.82, 2.24) is 5.32 Å². The van der Waals surface area contributed by atoms with Crippen molar-refractivity contribution in [3.8, 4) is 0 Å². The molecule has 0 aromatic carbocycles. The molecule has 0 amide bonds. The van der Waals surface area contributed by atoms with Gasteiger partial charge < -0.3 is 15.2 Å². The van der Waals surface area contributed by atoms with Gasteiger partial charge in [-0.05, 0) is 35.0 Å². The highest BCUT2D eigenvalue weighted by molar-refractivity contribution is 9.11. The average Bonchev–Trinajstić information content (AvgIpc) is 2.64. The van der Waals surface area contributed by atoms with Crippen LogP contribution in [0.2, 0.25) is 0 Å². The van der Waals surface area contributed by atoms with Crippen molar-refractivity contribution in [3.63, 3.8) is 0 Å². The SMILES string of the molecule is C[C@H](NCCOCCO)c1ccc(Br)s1. The predicted molar refractivity (Wildman–Crippen MR) is 66.3 cm³/mol. The van der Waals surface area contributed by atoms with E-state index in [1.807, 2.05) is 0 Å². The van der Waals surface area contributed by atoms with Gasteiger partial charge in [0.05, 0.1) is 23.6 Å². The molecule has 0 aliphatic carbocycles. The Bertz CT molecular complexity index is 280. The van der Waals surface area contributed by atoms with Crippen molar-refractivity contribution >= 4 is 27.3 Å². The highest BCUT2D eigenvalue weighted by Crippen LogP contribution is 2.26. The molecule has 0 saturated carbocycles. The lowest BCUT2D eigenvalue weighted by Gasteiger charge is -2.11.